The number of nitrogens with zero attached hydrogens (tertiary/aromatic N) is 1. The first-order valence-corrected chi connectivity index (χ1v) is 6.86. The van der Waals surface area contributed by atoms with Gasteiger partial charge >= 0.3 is 0 Å². The smallest absolute Gasteiger partial charge is 0.0473 e. The van der Waals surface area contributed by atoms with E-state index in [1.807, 2.05) is 0 Å². The van der Waals surface area contributed by atoms with Crippen LogP contribution < -0.4 is 5.73 Å². The number of likely N-dealkylation sites (tertiary alicyclic amines) is 1. The standard InChI is InChI=1S/C15H24N2O/c1-12-4-2-3-5-14(12)15(10-16)17-8-6-13(11-17)7-9-18/h2-5,13,15,18H,6-11,16H2,1H3. The predicted octanol–water partition coefficient (Wildman–Crippen LogP) is 1.70. The summed E-state index contributed by atoms with van der Waals surface area (Å²) < 4.78 is 0. The number of hydrogen-bond donors (Lipinski definition) is 2. The number of nitrogens with two attached hydrogens (primary N) is 1. The molecule has 1 heterocycles. The highest BCUT2D eigenvalue weighted by Gasteiger charge is 2.28. The summed E-state index contributed by atoms with van der Waals surface area (Å²) in [6.45, 7) is 5.28. The first kappa shape index (κ1) is 13.5. The molecule has 0 radical (unpaired) electrons. The summed E-state index contributed by atoms with van der Waals surface area (Å²) in [6, 6.07) is 8.83. The highest BCUT2D eigenvalue weighted by molar-refractivity contribution is 5.29. The summed E-state index contributed by atoms with van der Waals surface area (Å²) in [6.07, 6.45) is 2.10. The zero-order valence-electron chi connectivity index (χ0n) is 11.2. The Bertz CT molecular complexity index is 381. The van der Waals surface area contributed by atoms with Gasteiger partial charge in [-0.1, -0.05) is 24.3 Å². The molecule has 0 spiro atoms. The Balaban J connectivity index is 2.08. The normalized spacial score (nSPS) is 22.3. The topological polar surface area (TPSA) is 49.5 Å². The number of aliphatic hydroxyl groups is 1. The van der Waals surface area contributed by atoms with Gasteiger partial charge in [-0.15, -0.1) is 0 Å². The van der Waals surface area contributed by atoms with Crippen LogP contribution in [0.15, 0.2) is 24.3 Å². The molecule has 1 aliphatic heterocycles. The van der Waals surface area contributed by atoms with E-state index in [1.54, 1.807) is 0 Å². The summed E-state index contributed by atoms with van der Waals surface area (Å²) in [5, 5.41) is 9.03. The molecule has 2 atom stereocenters. The van der Waals surface area contributed by atoms with Crippen LogP contribution in [0.4, 0.5) is 0 Å². The predicted molar refractivity (Wildman–Crippen MR) is 74.4 cm³/mol. The molecule has 3 nitrogen and oxygen atoms in total. The fourth-order valence-corrected chi connectivity index (χ4v) is 3.00. The molecule has 0 bridgehead atoms. The number of rotatable bonds is 5. The SMILES string of the molecule is Cc1ccccc1C(CN)N1CCC(CCO)C1. The Morgan fingerprint density at radius 2 is 2.22 bits per heavy atom. The van der Waals surface area contributed by atoms with Gasteiger partial charge in [-0.25, -0.2) is 0 Å². The van der Waals surface area contributed by atoms with Crippen molar-refractivity contribution in [3.8, 4) is 0 Å². The van der Waals surface area contributed by atoms with Crippen LogP contribution >= 0.6 is 0 Å². The molecule has 0 amide bonds. The summed E-state index contributed by atoms with van der Waals surface area (Å²) in [5.41, 5.74) is 8.65. The van der Waals surface area contributed by atoms with Crippen molar-refractivity contribution in [3.63, 3.8) is 0 Å². The maximum Gasteiger partial charge on any atom is 0.0473 e. The summed E-state index contributed by atoms with van der Waals surface area (Å²) in [7, 11) is 0. The maximum atomic E-state index is 9.03. The molecule has 3 heteroatoms. The second kappa shape index (κ2) is 6.32. The number of aliphatic hydroxyl groups excluding tert-OH is 1. The Labute approximate surface area is 110 Å². The lowest BCUT2D eigenvalue weighted by Crippen LogP contribution is -2.32. The largest absolute Gasteiger partial charge is 0.396 e. The monoisotopic (exact) mass is 248 g/mol. The van der Waals surface area contributed by atoms with E-state index in [9.17, 15) is 0 Å². The van der Waals surface area contributed by atoms with Crippen LogP contribution in [0, 0.1) is 12.8 Å². The van der Waals surface area contributed by atoms with Gasteiger partial charge in [0.25, 0.3) is 0 Å². The molecule has 3 N–H and O–H groups in total. The van der Waals surface area contributed by atoms with Gasteiger partial charge in [0, 0.05) is 25.7 Å². The van der Waals surface area contributed by atoms with E-state index >= 15 is 0 Å². The van der Waals surface area contributed by atoms with Crippen LogP contribution in [-0.4, -0.2) is 36.2 Å². The van der Waals surface area contributed by atoms with Crippen molar-refractivity contribution in [3.05, 3.63) is 35.4 Å². The van der Waals surface area contributed by atoms with E-state index in [2.05, 4.69) is 36.1 Å². The zero-order valence-corrected chi connectivity index (χ0v) is 11.2. The first-order chi connectivity index (χ1) is 8.76. The van der Waals surface area contributed by atoms with Crippen molar-refractivity contribution in [1.82, 2.24) is 4.90 Å². The average molecular weight is 248 g/mol. The first-order valence-electron chi connectivity index (χ1n) is 6.86. The Morgan fingerprint density at radius 1 is 1.44 bits per heavy atom. The van der Waals surface area contributed by atoms with E-state index in [-0.39, 0.29) is 0 Å². The van der Waals surface area contributed by atoms with Gasteiger partial charge in [0.1, 0.15) is 0 Å². The van der Waals surface area contributed by atoms with Crippen LogP contribution in [0.25, 0.3) is 0 Å². The van der Waals surface area contributed by atoms with Gasteiger partial charge in [0.2, 0.25) is 0 Å². The molecule has 0 aromatic heterocycles. The quantitative estimate of drug-likeness (QED) is 0.834. The van der Waals surface area contributed by atoms with Crippen molar-refractivity contribution in [2.45, 2.75) is 25.8 Å². The maximum absolute atomic E-state index is 9.03. The van der Waals surface area contributed by atoms with Crippen molar-refractivity contribution >= 4 is 0 Å². The molecule has 0 aliphatic carbocycles. The number of hydrogen-bond acceptors (Lipinski definition) is 3. The molecule has 1 fully saturated rings. The van der Waals surface area contributed by atoms with Crippen LogP contribution in [0.5, 0.6) is 0 Å². The van der Waals surface area contributed by atoms with Gasteiger partial charge in [0.05, 0.1) is 0 Å². The summed E-state index contributed by atoms with van der Waals surface area (Å²) in [5.74, 6) is 0.632. The van der Waals surface area contributed by atoms with Crippen LogP contribution in [0.1, 0.15) is 30.0 Å². The molecular weight excluding hydrogens is 224 g/mol. The Morgan fingerprint density at radius 3 is 2.89 bits per heavy atom. The van der Waals surface area contributed by atoms with E-state index < -0.39 is 0 Å². The zero-order chi connectivity index (χ0) is 13.0. The van der Waals surface area contributed by atoms with Gasteiger partial charge in [-0.3, -0.25) is 4.90 Å². The van der Waals surface area contributed by atoms with Crippen molar-refractivity contribution in [2.75, 3.05) is 26.2 Å². The third kappa shape index (κ3) is 2.91. The lowest BCUT2D eigenvalue weighted by molar-refractivity contribution is 0.222. The Hall–Kier alpha value is -0.900. The van der Waals surface area contributed by atoms with Gasteiger partial charge in [-0.2, -0.15) is 0 Å². The summed E-state index contributed by atoms with van der Waals surface area (Å²) >= 11 is 0. The fourth-order valence-electron chi connectivity index (χ4n) is 3.00. The minimum absolute atomic E-state index is 0.302. The van der Waals surface area contributed by atoms with E-state index in [4.69, 9.17) is 10.8 Å². The summed E-state index contributed by atoms with van der Waals surface area (Å²) in [4.78, 5) is 2.47. The number of benzene rings is 1. The Kier molecular flexibility index (Phi) is 4.75. The van der Waals surface area contributed by atoms with E-state index in [0.29, 0.717) is 25.1 Å². The van der Waals surface area contributed by atoms with Crippen LogP contribution in [-0.2, 0) is 0 Å². The average Bonchev–Trinajstić information content (AvgIpc) is 2.82. The molecule has 1 aromatic carbocycles. The molecule has 1 aromatic rings. The minimum Gasteiger partial charge on any atom is -0.396 e. The lowest BCUT2D eigenvalue weighted by Gasteiger charge is -2.28. The highest BCUT2D eigenvalue weighted by atomic mass is 16.3. The van der Waals surface area contributed by atoms with E-state index in [0.717, 1.165) is 19.5 Å². The molecule has 18 heavy (non-hydrogen) atoms. The highest BCUT2D eigenvalue weighted by Crippen LogP contribution is 2.29. The van der Waals surface area contributed by atoms with Crippen molar-refractivity contribution in [1.29, 1.82) is 0 Å². The fraction of sp³-hybridized carbons (Fsp3) is 0.600. The molecule has 100 valence electrons. The molecular formula is C15H24N2O. The molecule has 1 aliphatic rings. The molecule has 1 saturated heterocycles. The second-order valence-corrected chi connectivity index (χ2v) is 5.27. The second-order valence-electron chi connectivity index (χ2n) is 5.27. The lowest BCUT2D eigenvalue weighted by atomic mass is 10.00. The molecule has 2 rings (SSSR count). The van der Waals surface area contributed by atoms with Crippen molar-refractivity contribution in [2.24, 2.45) is 11.7 Å². The van der Waals surface area contributed by atoms with Crippen LogP contribution in [0.3, 0.4) is 0 Å². The van der Waals surface area contributed by atoms with Gasteiger partial charge < -0.3 is 10.8 Å². The van der Waals surface area contributed by atoms with E-state index in [1.165, 1.54) is 17.5 Å². The van der Waals surface area contributed by atoms with Gasteiger partial charge in [-0.05, 0) is 43.4 Å². The molecule has 2 unspecified atom stereocenters. The third-order valence-corrected chi connectivity index (χ3v) is 4.07. The third-order valence-electron chi connectivity index (χ3n) is 4.07. The minimum atomic E-state index is 0.302. The van der Waals surface area contributed by atoms with Crippen molar-refractivity contribution < 1.29 is 5.11 Å². The van der Waals surface area contributed by atoms with Crippen LogP contribution in [0.2, 0.25) is 0 Å². The molecule has 0 saturated carbocycles. The number of aryl methyl sites for hydroxylation is 1. The van der Waals surface area contributed by atoms with Gasteiger partial charge in [0.15, 0.2) is 0 Å².